The molecule has 1 atom stereocenters. The molecule has 0 aliphatic carbocycles. The molecule has 0 aliphatic heterocycles. The predicted octanol–water partition coefficient (Wildman–Crippen LogP) is 1.78. The zero-order valence-electron chi connectivity index (χ0n) is 10.9. The highest BCUT2D eigenvalue weighted by atomic mass is 16.5. The highest BCUT2D eigenvalue weighted by Gasteiger charge is 2.14. The van der Waals surface area contributed by atoms with E-state index in [0.717, 1.165) is 5.56 Å². The molecule has 7 nitrogen and oxygen atoms in total. The number of anilines is 1. The maximum Gasteiger partial charge on any atom is 0.242 e. The molecule has 1 unspecified atom stereocenters. The van der Waals surface area contributed by atoms with Crippen molar-refractivity contribution in [2.75, 3.05) is 5.43 Å². The van der Waals surface area contributed by atoms with Gasteiger partial charge in [0.2, 0.25) is 11.8 Å². The number of fused-ring (bicyclic) bond motifs is 1. The molecule has 20 heavy (non-hydrogen) atoms. The minimum absolute atomic E-state index is 0.144. The van der Waals surface area contributed by atoms with Crippen molar-refractivity contribution in [2.45, 2.75) is 13.0 Å². The maximum absolute atomic E-state index is 5.91. The quantitative estimate of drug-likeness (QED) is 0.493. The zero-order chi connectivity index (χ0) is 13.9. The molecule has 1 aromatic carbocycles. The number of hydrazine groups is 1. The standard InChI is InChI=1S/C13H14N6O/c1-8(9-5-3-2-4-6-9)20-12-10-7-15-19-11(10)16-13(17-12)18-14/h2-8H,14H2,1H3,(H2,15,16,17,18,19). The first kappa shape index (κ1) is 12.4. The van der Waals surface area contributed by atoms with Gasteiger partial charge in [-0.3, -0.25) is 10.5 Å². The van der Waals surface area contributed by atoms with Crippen molar-refractivity contribution < 1.29 is 4.74 Å². The molecule has 0 aliphatic rings. The summed E-state index contributed by atoms with van der Waals surface area (Å²) in [6.07, 6.45) is 1.48. The first-order valence-electron chi connectivity index (χ1n) is 6.17. The SMILES string of the molecule is CC(Oc1nc(NN)nc2[nH]ncc12)c1ccccc1. The number of aromatic amines is 1. The molecule has 0 radical (unpaired) electrons. The van der Waals surface area contributed by atoms with Crippen LogP contribution in [0.2, 0.25) is 0 Å². The second kappa shape index (κ2) is 5.14. The summed E-state index contributed by atoms with van der Waals surface area (Å²) in [5.41, 5.74) is 4.04. The van der Waals surface area contributed by atoms with Crippen LogP contribution in [0.5, 0.6) is 5.88 Å². The average Bonchev–Trinajstić information content (AvgIpc) is 2.96. The number of nitrogens with one attached hydrogen (secondary N) is 2. The van der Waals surface area contributed by atoms with Crippen LogP contribution < -0.4 is 16.0 Å². The van der Waals surface area contributed by atoms with E-state index in [-0.39, 0.29) is 12.1 Å². The van der Waals surface area contributed by atoms with Crippen molar-refractivity contribution in [3.05, 3.63) is 42.1 Å². The van der Waals surface area contributed by atoms with E-state index in [0.29, 0.717) is 16.9 Å². The Hall–Kier alpha value is -2.67. The second-order valence-corrected chi connectivity index (χ2v) is 4.30. The third kappa shape index (κ3) is 2.26. The van der Waals surface area contributed by atoms with Crippen LogP contribution >= 0.6 is 0 Å². The van der Waals surface area contributed by atoms with Gasteiger partial charge >= 0.3 is 0 Å². The molecule has 3 rings (SSSR count). The van der Waals surface area contributed by atoms with Crippen molar-refractivity contribution >= 4 is 17.0 Å². The Balaban J connectivity index is 1.95. The summed E-state index contributed by atoms with van der Waals surface area (Å²) in [6, 6.07) is 9.90. The van der Waals surface area contributed by atoms with E-state index in [1.165, 1.54) is 0 Å². The molecule has 0 saturated carbocycles. The van der Waals surface area contributed by atoms with Crippen LogP contribution in [0.25, 0.3) is 11.0 Å². The summed E-state index contributed by atoms with van der Waals surface area (Å²) in [5.74, 6) is 6.07. The molecule has 102 valence electrons. The lowest BCUT2D eigenvalue weighted by Gasteiger charge is -2.15. The van der Waals surface area contributed by atoms with E-state index in [2.05, 4.69) is 25.6 Å². The number of rotatable bonds is 4. The van der Waals surface area contributed by atoms with Crippen molar-refractivity contribution in [1.82, 2.24) is 20.2 Å². The molecule has 4 N–H and O–H groups in total. The molecule has 2 aromatic heterocycles. The van der Waals surface area contributed by atoms with Crippen molar-refractivity contribution in [3.8, 4) is 5.88 Å². The number of nitrogens with two attached hydrogens (primary N) is 1. The summed E-state index contributed by atoms with van der Waals surface area (Å²) in [4.78, 5) is 8.38. The molecular formula is C13H14N6O. The molecule has 7 heteroatoms. The van der Waals surface area contributed by atoms with Gasteiger partial charge in [0.05, 0.1) is 6.20 Å². The summed E-state index contributed by atoms with van der Waals surface area (Å²) in [7, 11) is 0. The predicted molar refractivity (Wildman–Crippen MR) is 75.0 cm³/mol. The van der Waals surface area contributed by atoms with Gasteiger partial charge in [-0.05, 0) is 12.5 Å². The van der Waals surface area contributed by atoms with E-state index in [1.54, 1.807) is 6.20 Å². The number of nitrogen functional groups attached to an aromatic ring is 1. The number of aromatic nitrogens is 4. The van der Waals surface area contributed by atoms with Crippen LogP contribution in [-0.2, 0) is 0 Å². The van der Waals surface area contributed by atoms with Crippen molar-refractivity contribution in [2.24, 2.45) is 5.84 Å². The Bertz CT molecular complexity index is 711. The average molecular weight is 270 g/mol. The highest BCUT2D eigenvalue weighted by molar-refractivity contribution is 5.80. The van der Waals surface area contributed by atoms with Crippen LogP contribution in [0, 0.1) is 0 Å². The van der Waals surface area contributed by atoms with E-state index < -0.39 is 0 Å². The van der Waals surface area contributed by atoms with Gasteiger partial charge in [-0.15, -0.1) is 0 Å². The first-order chi connectivity index (χ1) is 9.78. The topological polar surface area (TPSA) is 102 Å². The zero-order valence-corrected chi connectivity index (χ0v) is 10.9. The van der Waals surface area contributed by atoms with Crippen molar-refractivity contribution in [1.29, 1.82) is 0 Å². The summed E-state index contributed by atoms with van der Waals surface area (Å²) in [6.45, 7) is 1.96. The number of H-pyrrole nitrogens is 1. The molecule has 0 fully saturated rings. The van der Waals surface area contributed by atoms with Crippen LogP contribution in [0.4, 0.5) is 5.95 Å². The van der Waals surface area contributed by atoms with Gasteiger partial charge in [0.15, 0.2) is 5.65 Å². The third-order valence-electron chi connectivity index (χ3n) is 2.96. The Kier molecular flexibility index (Phi) is 3.18. The lowest BCUT2D eigenvalue weighted by molar-refractivity contribution is 0.221. The van der Waals surface area contributed by atoms with Crippen LogP contribution in [-0.4, -0.2) is 20.2 Å². The number of ether oxygens (including phenoxy) is 1. The molecule has 0 spiro atoms. The minimum atomic E-state index is -0.144. The molecule has 0 saturated heterocycles. The number of hydrogen-bond donors (Lipinski definition) is 3. The summed E-state index contributed by atoms with van der Waals surface area (Å²) in [5, 5.41) is 7.43. The monoisotopic (exact) mass is 270 g/mol. The molecular weight excluding hydrogens is 256 g/mol. The fourth-order valence-corrected chi connectivity index (χ4v) is 1.92. The smallest absolute Gasteiger partial charge is 0.242 e. The Labute approximate surface area is 115 Å². The van der Waals surface area contributed by atoms with Gasteiger partial charge in [0.25, 0.3) is 0 Å². The Morgan fingerprint density at radius 2 is 2.05 bits per heavy atom. The van der Waals surface area contributed by atoms with E-state index >= 15 is 0 Å². The third-order valence-corrected chi connectivity index (χ3v) is 2.96. The van der Waals surface area contributed by atoms with E-state index in [9.17, 15) is 0 Å². The molecule has 2 heterocycles. The molecule has 0 amide bonds. The van der Waals surface area contributed by atoms with Gasteiger partial charge in [0.1, 0.15) is 11.5 Å². The highest BCUT2D eigenvalue weighted by Crippen LogP contribution is 2.26. The maximum atomic E-state index is 5.91. The van der Waals surface area contributed by atoms with Gasteiger partial charge in [-0.1, -0.05) is 30.3 Å². The number of benzene rings is 1. The van der Waals surface area contributed by atoms with Gasteiger partial charge < -0.3 is 4.74 Å². The normalized spacial score (nSPS) is 12.3. The van der Waals surface area contributed by atoms with Gasteiger partial charge in [-0.2, -0.15) is 15.1 Å². The minimum Gasteiger partial charge on any atom is -0.469 e. The van der Waals surface area contributed by atoms with Crippen molar-refractivity contribution in [3.63, 3.8) is 0 Å². The lowest BCUT2D eigenvalue weighted by atomic mass is 10.1. The number of nitrogens with zero attached hydrogens (tertiary/aromatic N) is 3. The number of hydrogen-bond acceptors (Lipinski definition) is 6. The molecule has 3 aromatic rings. The summed E-state index contributed by atoms with van der Waals surface area (Å²) < 4.78 is 5.91. The first-order valence-corrected chi connectivity index (χ1v) is 6.17. The lowest BCUT2D eigenvalue weighted by Crippen LogP contribution is -2.12. The van der Waals surface area contributed by atoms with E-state index in [4.69, 9.17) is 10.6 Å². The largest absolute Gasteiger partial charge is 0.469 e. The Morgan fingerprint density at radius 3 is 2.80 bits per heavy atom. The van der Waals surface area contributed by atoms with E-state index in [1.807, 2.05) is 37.3 Å². The Morgan fingerprint density at radius 1 is 1.25 bits per heavy atom. The van der Waals surface area contributed by atoms with Crippen LogP contribution in [0.1, 0.15) is 18.6 Å². The fourth-order valence-electron chi connectivity index (χ4n) is 1.92. The van der Waals surface area contributed by atoms with Gasteiger partial charge in [-0.25, -0.2) is 5.84 Å². The fraction of sp³-hybridized carbons (Fsp3) is 0.154. The van der Waals surface area contributed by atoms with Crippen LogP contribution in [0.15, 0.2) is 36.5 Å². The molecule has 0 bridgehead atoms. The van der Waals surface area contributed by atoms with Crippen LogP contribution in [0.3, 0.4) is 0 Å². The van der Waals surface area contributed by atoms with Gasteiger partial charge in [0, 0.05) is 0 Å². The second-order valence-electron chi connectivity index (χ2n) is 4.30. The summed E-state index contributed by atoms with van der Waals surface area (Å²) >= 11 is 0.